The van der Waals surface area contributed by atoms with E-state index >= 15 is 0 Å². The Bertz CT molecular complexity index is 336. The molecule has 0 aliphatic heterocycles. The Balaban J connectivity index is 2.34. The molecule has 0 aliphatic carbocycles. The maximum Gasteiger partial charge on any atom is 0.137 e. The van der Waals surface area contributed by atoms with Crippen LogP contribution in [0.3, 0.4) is 0 Å². The molecule has 0 radical (unpaired) electrons. The van der Waals surface area contributed by atoms with E-state index < -0.39 is 0 Å². The zero-order valence-electron chi connectivity index (χ0n) is 8.35. The highest BCUT2D eigenvalue weighted by Crippen LogP contribution is 2.16. The number of nitriles is 1. The monoisotopic (exact) mass is 223 g/mol. The lowest BCUT2D eigenvalue weighted by molar-refractivity contribution is 0.321. The van der Waals surface area contributed by atoms with E-state index in [9.17, 15) is 0 Å². The van der Waals surface area contributed by atoms with Gasteiger partial charge in [0.25, 0.3) is 0 Å². The van der Waals surface area contributed by atoms with Gasteiger partial charge in [-0.05, 0) is 12.1 Å². The molecule has 80 valence electrons. The lowest BCUT2D eigenvalue weighted by Gasteiger charge is -2.06. The third kappa shape index (κ3) is 4.24. The van der Waals surface area contributed by atoms with Crippen molar-refractivity contribution >= 4 is 11.8 Å². The Labute approximate surface area is 93.7 Å². The maximum absolute atomic E-state index is 8.79. The Morgan fingerprint density at radius 2 is 2.13 bits per heavy atom. The molecule has 0 amide bonds. The van der Waals surface area contributed by atoms with Crippen molar-refractivity contribution in [2.24, 2.45) is 0 Å². The molecular weight excluding hydrogens is 210 g/mol. The largest absolute Gasteiger partial charge is 0.491 e. The molecule has 4 heteroatoms. The molecule has 0 unspecified atom stereocenters. The second-order valence-electron chi connectivity index (χ2n) is 2.79. The first-order chi connectivity index (χ1) is 7.38. The van der Waals surface area contributed by atoms with Crippen molar-refractivity contribution in [3.8, 4) is 11.8 Å². The van der Waals surface area contributed by atoms with E-state index in [0.29, 0.717) is 17.9 Å². The summed E-state index contributed by atoms with van der Waals surface area (Å²) >= 11 is 1.63. The fourth-order valence-electron chi connectivity index (χ4n) is 1.06. The average Bonchev–Trinajstić information content (AvgIpc) is 2.29. The minimum atomic E-state index is 0.194. The standard InChI is InChI=1S/C11H13NO2S/c12-9-10-3-1-2-4-11(10)14-6-8-15-7-5-13/h1-4,13H,5-8H2. The highest BCUT2D eigenvalue weighted by molar-refractivity contribution is 7.99. The van der Waals surface area contributed by atoms with Gasteiger partial charge in [0.1, 0.15) is 11.8 Å². The van der Waals surface area contributed by atoms with Crippen LogP contribution < -0.4 is 4.74 Å². The highest BCUT2D eigenvalue weighted by atomic mass is 32.2. The highest BCUT2D eigenvalue weighted by Gasteiger charge is 2.00. The van der Waals surface area contributed by atoms with E-state index in [2.05, 4.69) is 6.07 Å². The Morgan fingerprint density at radius 1 is 1.33 bits per heavy atom. The van der Waals surface area contributed by atoms with Gasteiger partial charge in [0.05, 0.1) is 18.8 Å². The van der Waals surface area contributed by atoms with Gasteiger partial charge in [0, 0.05) is 11.5 Å². The van der Waals surface area contributed by atoms with Crippen LogP contribution in [0.15, 0.2) is 24.3 Å². The number of ether oxygens (including phenoxy) is 1. The molecule has 1 N–H and O–H groups in total. The summed E-state index contributed by atoms with van der Waals surface area (Å²) in [7, 11) is 0. The Hall–Kier alpha value is -1.18. The molecule has 0 atom stereocenters. The second-order valence-corrected chi connectivity index (χ2v) is 4.02. The molecule has 15 heavy (non-hydrogen) atoms. The van der Waals surface area contributed by atoms with E-state index in [0.717, 1.165) is 11.5 Å². The van der Waals surface area contributed by atoms with Crippen LogP contribution in [0.2, 0.25) is 0 Å². The molecular formula is C11H13NO2S. The predicted molar refractivity (Wildman–Crippen MR) is 61.1 cm³/mol. The SMILES string of the molecule is N#Cc1ccccc1OCCSCCO. The third-order valence-corrected chi connectivity index (χ3v) is 2.65. The summed E-state index contributed by atoms with van der Waals surface area (Å²) in [6.45, 7) is 0.753. The summed E-state index contributed by atoms with van der Waals surface area (Å²) in [6, 6.07) is 9.25. The van der Waals surface area contributed by atoms with E-state index in [-0.39, 0.29) is 6.61 Å². The molecule has 0 aliphatic rings. The minimum absolute atomic E-state index is 0.194. The van der Waals surface area contributed by atoms with Gasteiger partial charge in [-0.25, -0.2) is 0 Å². The van der Waals surface area contributed by atoms with Crippen molar-refractivity contribution in [2.75, 3.05) is 24.7 Å². The molecule has 1 rings (SSSR count). The molecule has 0 fully saturated rings. The van der Waals surface area contributed by atoms with Gasteiger partial charge in [0.15, 0.2) is 0 Å². The van der Waals surface area contributed by atoms with E-state index in [1.807, 2.05) is 12.1 Å². The van der Waals surface area contributed by atoms with Crippen LogP contribution in [-0.2, 0) is 0 Å². The van der Waals surface area contributed by atoms with Crippen molar-refractivity contribution in [1.82, 2.24) is 0 Å². The van der Waals surface area contributed by atoms with Crippen LogP contribution in [0.5, 0.6) is 5.75 Å². The lowest BCUT2D eigenvalue weighted by Crippen LogP contribution is -2.02. The lowest BCUT2D eigenvalue weighted by atomic mass is 10.2. The van der Waals surface area contributed by atoms with Crippen LogP contribution in [0.1, 0.15) is 5.56 Å². The molecule has 0 saturated heterocycles. The number of aliphatic hydroxyl groups excluding tert-OH is 1. The van der Waals surface area contributed by atoms with Crippen molar-refractivity contribution in [3.05, 3.63) is 29.8 Å². The van der Waals surface area contributed by atoms with Gasteiger partial charge >= 0.3 is 0 Å². The van der Waals surface area contributed by atoms with E-state index in [4.69, 9.17) is 15.1 Å². The first-order valence-electron chi connectivity index (χ1n) is 4.69. The smallest absolute Gasteiger partial charge is 0.137 e. The van der Waals surface area contributed by atoms with Crippen molar-refractivity contribution in [1.29, 1.82) is 5.26 Å². The minimum Gasteiger partial charge on any atom is -0.491 e. The molecule has 1 aromatic carbocycles. The summed E-state index contributed by atoms with van der Waals surface area (Å²) in [5.74, 6) is 2.17. The van der Waals surface area contributed by atoms with Crippen molar-refractivity contribution in [2.45, 2.75) is 0 Å². The molecule has 0 heterocycles. The first-order valence-corrected chi connectivity index (χ1v) is 5.84. The molecule has 1 aromatic rings. The Kier molecular flexibility index (Phi) is 5.67. The summed E-state index contributed by atoms with van der Waals surface area (Å²) in [5, 5.41) is 17.4. The summed E-state index contributed by atoms with van der Waals surface area (Å²) in [5.41, 5.74) is 0.560. The zero-order chi connectivity index (χ0) is 10.9. The van der Waals surface area contributed by atoms with Crippen LogP contribution in [0.4, 0.5) is 0 Å². The molecule has 3 nitrogen and oxygen atoms in total. The molecule has 0 spiro atoms. The summed E-state index contributed by atoms with van der Waals surface area (Å²) in [4.78, 5) is 0. The van der Waals surface area contributed by atoms with Gasteiger partial charge in [-0.15, -0.1) is 0 Å². The molecule has 0 bridgehead atoms. The summed E-state index contributed by atoms with van der Waals surface area (Å²) in [6.07, 6.45) is 0. The van der Waals surface area contributed by atoms with Crippen LogP contribution >= 0.6 is 11.8 Å². The number of hydrogen-bond acceptors (Lipinski definition) is 4. The number of hydrogen-bond donors (Lipinski definition) is 1. The normalized spacial score (nSPS) is 9.60. The number of rotatable bonds is 6. The number of thioether (sulfide) groups is 1. The number of benzene rings is 1. The average molecular weight is 223 g/mol. The Morgan fingerprint density at radius 3 is 2.87 bits per heavy atom. The predicted octanol–water partition coefficient (Wildman–Crippen LogP) is 1.66. The third-order valence-electron chi connectivity index (χ3n) is 1.73. The van der Waals surface area contributed by atoms with Gasteiger partial charge in [-0.1, -0.05) is 12.1 Å². The summed E-state index contributed by atoms with van der Waals surface area (Å²) < 4.78 is 5.45. The topological polar surface area (TPSA) is 53.2 Å². The van der Waals surface area contributed by atoms with Gasteiger partial charge in [-0.3, -0.25) is 0 Å². The van der Waals surface area contributed by atoms with E-state index in [1.54, 1.807) is 23.9 Å². The van der Waals surface area contributed by atoms with E-state index in [1.165, 1.54) is 0 Å². The fraction of sp³-hybridized carbons (Fsp3) is 0.364. The fourth-order valence-corrected chi connectivity index (χ4v) is 1.60. The van der Waals surface area contributed by atoms with Gasteiger partial charge < -0.3 is 9.84 Å². The number of aliphatic hydroxyl groups is 1. The number of nitrogens with zero attached hydrogens (tertiary/aromatic N) is 1. The van der Waals surface area contributed by atoms with Crippen LogP contribution in [-0.4, -0.2) is 29.8 Å². The molecule has 0 saturated carbocycles. The van der Waals surface area contributed by atoms with Crippen LogP contribution in [0, 0.1) is 11.3 Å². The van der Waals surface area contributed by atoms with Crippen molar-refractivity contribution < 1.29 is 9.84 Å². The zero-order valence-corrected chi connectivity index (χ0v) is 9.17. The van der Waals surface area contributed by atoms with Crippen molar-refractivity contribution in [3.63, 3.8) is 0 Å². The first kappa shape index (κ1) is 11.9. The quantitative estimate of drug-likeness (QED) is 0.745. The second kappa shape index (κ2) is 7.16. The van der Waals surface area contributed by atoms with Crippen LogP contribution in [0.25, 0.3) is 0 Å². The molecule has 0 aromatic heterocycles. The maximum atomic E-state index is 8.79. The van der Waals surface area contributed by atoms with Gasteiger partial charge in [-0.2, -0.15) is 17.0 Å². The number of para-hydroxylation sites is 1. The van der Waals surface area contributed by atoms with Gasteiger partial charge in [0.2, 0.25) is 0 Å².